The van der Waals surface area contributed by atoms with Crippen LogP contribution >= 0.6 is 0 Å². The maximum atomic E-state index is 3.57. The number of fused-ring (bicyclic) bond motifs is 5. The SMILES string of the molecule is CC(C)(C)c1ccc([C](=[Zr+2])c2ccc(C(C)(C)C)cc2)cc1.CC1=CC(C)(C)c2cc3[cH-]c4cc5c(cc4c3cc21)C(C)=CC5(C)C.CCC1=[C-]C(CC)C=C1C(C)(C)C.[Cl-].[Cl-]. The Morgan fingerprint density at radius 3 is 1.31 bits per heavy atom. The Morgan fingerprint density at radius 2 is 1.00 bits per heavy atom. The van der Waals surface area contributed by atoms with Crippen molar-refractivity contribution in [3.63, 3.8) is 0 Å². The Balaban J connectivity index is 0.000000211. The monoisotopic (exact) mass is 940 g/mol. The van der Waals surface area contributed by atoms with Crippen LogP contribution < -0.4 is 24.8 Å². The second kappa shape index (κ2) is 18.9. The van der Waals surface area contributed by atoms with Crippen LogP contribution in [-0.2, 0) is 45.9 Å². The van der Waals surface area contributed by atoms with Crippen molar-refractivity contribution < 1.29 is 49.0 Å². The van der Waals surface area contributed by atoms with Crippen molar-refractivity contribution in [2.75, 3.05) is 0 Å². The summed E-state index contributed by atoms with van der Waals surface area (Å²) in [5.74, 6) is 0.573. The summed E-state index contributed by atoms with van der Waals surface area (Å²) in [6, 6.07) is 30.2. The molecule has 3 aliphatic carbocycles. The molecule has 0 aromatic heterocycles. The van der Waals surface area contributed by atoms with Crippen LogP contribution in [0.3, 0.4) is 0 Å². The van der Waals surface area contributed by atoms with Crippen LogP contribution in [0.1, 0.15) is 175 Å². The Hall–Kier alpha value is -2.96. The van der Waals surface area contributed by atoms with Gasteiger partial charge in [0.15, 0.2) is 0 Å². The number of rotatable bonds is 4. The third kappa shape index (κ3) is 10.8. The standard InChI is InChI=1S/C25H25.C21H26.C13H21.2ClH.Zr/c1-14-12-24(3,4)22-8-16-7-17-9-23-19(15(2)13-25(23,5)6)11-21(17)20(16)10-18(14)22;1-20(2,3)18-11-7-16(8-12-18)15-17-9-13-19(14-10-17)21(4,5)6;1-6-10-8-11(7-2)12(9-10)13(3,4)5;;;/h7-13H,1-6H3;7-14H,1-6H3;9-10H,6-7H2,1-5H3;2*1H;/q-1;;-1;;;+2/p-2. The van der Waals surface area contributed by atoms with Crippen molar-refractivity contribution in [1.29, 1.82) is 0 Å². The number of allylic oxidation sites excluding steroid dienone is 8. The first-order valence-corrected chi connectivity index (χ1v) is 23.7. The van der Waals surface area contributed by atoms with Gasteiger partial charge < -0.3 is 24.8 Å². The van der Waals surface area contributed by atoms with Gasteiger partial charge in [-0.15, -0.1) is 39.7 Å². The molecule has 0 N–H and O–H groups in total. The molecule has 5 aromatic carbocycles. The molecule has 3 heteroatoms. The van der Waals surface area contributed by atoms with Crippen LogP contribution in [0.15, 0.2) is 108 Å². The largest absolute Gasteiger partial charge is 1.00 e. The summed E-state index contributed by atoms with van der Waals surface area (Å²) >= 11 is 1.46. The van der Waals surface area contributed by atoms with Crippen LogP contribution in [0.5, 0.6) is 0 Å². The summed E-state index contributed by atoms with van der Waals surface area (Å²) < 4.78 is 1.42. The third-order valence-corrected chi connectivity index (χ3v) is 14.5. The van der Waals surface area contributed by atoms with Gasteiger partial charge in [-0.3, -0.25) is 6.08 Å². The fraction of sp³-hybridized carbons (Fsp3) is 0.424. The Morgan fingerprint density at radius 1 is 0.613 bits per heavy atom. The minimum Gasteiger partial charge on any atom is -1.00 e. The van der Waals surface area contributed by atoms with E-state index in [1.54, 1.807) is 0 Å². The van der Waals surface area contributed by atoms with Crippen molar-refractivity contribution in [2.45, 2.75) is 152 Å². The maximum absolute atomic E-state index is 3.57. The van der Waals surface area contributed by atoms with Crippen molar-refractivity contribution in [1.82, 2.24) is 0 Å². The van der Waals surface area contributed by atoms with Crippen LogP contribution in [0.4, 0.5) is 0 Å². The zero-order valence-electron chi connectivity index (χ0n) is 41.0. The average molecular weight is 943 g/mol. The molecule has 0 saturated heterocycles. The topological polar surface area (TPSA) is 0 Å². The molecule has 1 unspecified atom stereocenters. The van der Waals surface area contributed by atoms with E-state index in [1.807, 2.05) is 0 Å². The summed E-state index contributed by atoms with van der Waals surface area (Å²) in [6.07, 6.45) is 13.1. The van der Waals surface area contributed by atoms with E-state index in [0.29, 0.717) is 11.3 Å². The van der Waals surface area contributed by atoms with Gasteiger partial charge in [0, 0.05) is 10.8 Å². The molecule has 0 heterocycles. The molecule has 328 valence electrons. The van der Waals surface area contributed by atoms with Crippen molar-refractivity contribution in [2.24, 2.45) is 11.3 Å². The average Bonchev–Trinajstić information content (AvgIpc) is 3.88. The van der Waals surface area contributed by atoms with Gasteiger partial charge in [-0.05, 0) is 36.1 Å². The van der Waals surface area contributed by atoms with Gasteiger partial charge in [-0.1, -0.05) is 122 Å². The molecule has 0 fully saturated rings. The molecule has 0 saturated carbocycles. The quantitative estimate of drug-likeness (QED) is 0.158. The molecule has 0 spiro atoms. The van der Waals surface area contributed by atoms with Crippen molar-refractivity contribution in [3.8, 4) is 0 Å². The number of hydrogen-bond acceptors (Lipinski definition) is 0. The van der Waals surface area contributed by atoms with Crippen LogP contribution in [-0.4, -0.2) is 3.21 Å². The van der Waals surface area contributed by atoms with Crippen LogP contribution in [0, 0.1) is 17.4 Å². The molecule has 8 rings (SSSR count). The normalized spacial score (nSPS) is 17.2. The number of hydrogen-bond donors (Lipinski definition) is 0. The molecule has 1 atom stereocenters. The van der Waals surface area contributed by atoms with Gasteiger partial charge in [0.1, 0.15) is 0 Å². The van der Waals surface area contributed by atoms with Gasteiger partial charge in [0.05, 0.1) is 0 Å². The molecular formula is C59H72Cl2Zr-2. The van der Waals surface area contributed by atoms with E-state index in [1.165, 1.54) is 122 Å². The van der Waals surface area contributed by atoms with Gasteiger partial charge in [0.25, 0.3) is 0 Å². The third-order valence-electron chi connectivity index (χ3n) is 13.1. The molecule has 0 amide bonds. The van der Waals surface area contributed by atoms with E-state index in [4.69, 9.17) is 0 Å². The molecule has 0 radical (unpaired) electrons. The minimum absolute atomic E-state index is 0. The van der Waals surface area contributed by atoms with Gasteiger partial charge in [-0.2, -0.15) is 11.6 Å². The summed E-state index contributed by atoms with van der Waals surface area (Å²) in [5.41, 5.74) is 18.1. The predicted molar refractivity (Wildman–Crippen MR) is 262 cm³/mol. The van der Waals surface area contributed by atoms with E-state index in [0.717, 1.165) is 6.42 Å². The van der Waals surface area contributed by atoms with Crippen molar-refractivity contribution >= 4 is 35.9 Å². The zero-order chi connectivity index (χ0) is 44.3. The Kier molecular flexibility index (Phi) is 15.7. The zero-order valence-corrected chi connectivity index (χ0v) is 45.0. The fourth-order valence-electron chi connectivity index (χ4n) is 9.52. The van der Waals surface area contributed by atoms with Crippen LogP contribution in [0.2, 0.25) is 0 Å². The fourth-order valence-corrected chi connectivity index (χ4v) is 10.3. The van der Waals surface area contributed by atoms with E-state index in [9.17, 15) is 0 Å². The molecule has 62 heavy (non-hydrogen) atoms. The molecule has 3 aliphatic rings. The van der Waals surface area contributed by atoms with Gasteiger partial charge in [0.2, 0.25) is 0 Å². The first-order chi connectivity index (χ1) is 27.7. The van der Waals surface area contributed by atoms with E-state index >= 15 is 0 Å². The number of benzene rings is 4. The number of halogens is 2. The second-order valence-electron chi connectivity index (χ2n) is 22.1. The van der Waals surface area contributed by atoms with E-state index in [2.05, 4.69) is 221 Å². The van der Waals surface area contributed by atoms with Crippen molar-refractivity contribution in [3.05, 3.63) is 159 Å². The molecule has 0 nitrogen and oxygen atoms in total. The summed E-state index contributed by atoms with van der Waals surface area (Å²) in [4.78, 5) is 0. The van der Waals surface area contributed by atoms with Crippen LogP contribution in [0.25, 0.3) is 32.7 Å². The molecule has 0 aliphatic heterocycles. The summed E-state index contributed by atoms with van der Waals surface area (Å²) in [6.45, 7) is 38.6. The Labute approximate surface area is 404 Å². The van der Waals surface area contributed by atoms with Gasteiger partial charge >= 0.3 is 151 Å². The summed E-state index contributed by atoms with van der Waals surface area (Å²) in [7, 11) is 0. The maximum Gasteiger partial charge on any atom is 0.00178 e. The summed E-state index contributed by atoms with van der Waals surface area (Å²) in [5, 5.41) is 5.57. The predicted octanol–water partition coefficient (Wildman–Crippen LogP) is 10.6. The second-order valence-corrected chi connectivity index (χ2v) is 23.3. The molecular weight excluding hydrogens is 871 g/mol. The first-order valence-electron chi connectivity index (χ1n) is 22.5. The minimum atomic E-state index is 0. The molecule has 0 bridgehead atoms. The Bertz CT molecular complexity index is 2410. The van der Waals surface area contributed by atoms with Gasteiger partial charge in [-0.25, -0.2) is 5.57 Å². The molecule has 5 aromatic rings. The van der Waals surface area contributed by atoms with E-state index < -0.39 is 0 Å². The smallest absolute Gasteiger partial charge is 0.00178 e. The first kappa shape index (κ1) is 51.7. The van der Waals surface area contributed by atoms with E-state index in [-0.39, 0.29) is 46.5 Å².